The van der Waals surface area contributed by atoms with E-state index in [1.165, 1.54) is 57.7 Å². The smallest absolute Gasteiger partial charge is 0.257 e. The highest BCUT2D eigenvalue weighted by Gasteiger charge is 2.26. The largest absolute Gasteiger partial charge is 0.494 e. The van der Waals surface area contributed by atoms with Crippen LogP contribution in [0.25, 0.3) is 0 Å². The van der Waals surface area contributed by atoms with E-state index in [1.54, 1.807) is 152 Å². The van der Waals surface area contributed by atoms with Gasteiger partial charge in [-0.05, 0) is 127 Å². The molecule has 21 nitrogen and oxygen atoms in total. The molecule has 512 valence electrons. The van der Waals surface area contributed by atoms with E-state index in [-0.39, 0.29) is 61.0 Å². The fourth-order valence-electron chi connectivity index (χ4n) is 9.79. The van der Waals surface area contributed by atoms with Gasteiger partial charge in [0.25, 0.3) is 35.4 Å². The lowest BCUT2D eigenvalue weighted by molar-refractivity contribution is 0.101. The van der Waals surface area contributed by atoms with Gasteiger partial charge in [0.2, 0.25) is 0 Å². The summed E-state index contributed by atoms with van der Waals surface area (Å²) < 4.78 is 16.1. The first-order chi connectivity index (χ1) is 47.9. The van der Waals surface area contributed by atoms with Crippen LogP contribution in [0.3, 0.4) is 0 Å². The SMILES string of the molecule is COc1cc(Cl)cc(C(=O)Nc2ccc(Cl)cc2)c1NC(=O)c1ccc(C(=N)N(C)C)cc1.COc1cc(Cl)cc(C(=O)Nc2ccc(Cl)cc2)c1NC(=O)c1ccc(C(=N)N2CC2)cc1.COc1cc(Cl)cc(C(=O)Nc2ccc(Cl)cc2)c1NC(=O)c1ccc(C2=NCCN2C)cc1. The second-order valence-electron chi connectivity index (χ2n) is 22.3. The Kier molecular flexibility index (Phi) is 24.8. The molecule has 27 heteroatoms. The van der Waals surface area contributed by atoms with Gasteiger partial charge in [0, 0.05) is 140 Å². The zero-order chi connectivity index (χ0) is 71.9. The molecule has 1 fully saturated rings. The Labute approximate surface area is 606 Å². The Morgan fingerprint density at radius 3 is 1.00 bits per heavy atom. The van der Waals surface area contributed by atoms with Crippen molar-refractivity contribution in [2.24, 2.45) is 4.99 Å². The number of hydrogen-bond donors (Lipinski definition) is 8. The molecule has 2 aliphatic heterocycles. The summed E-state index contributed by atoms with van der Waals surface area (Å²) >= 11 is 36.3. The first kappa shape index (κ1) is 73.6. The van der Waals surface area contributed by atoms with E-state index in [2.05, 4.69) is 41.8 Å². The number of halogens is 6. The first-order valence-electron chi connectivity index (χ1n) is 30.3. The summed E-state index contributed by atoms with van der Waals surface area (Å²) in [5, 5.41) is 35.2. The predicted molar refractivity (Wildman–Crippen MR) is 398 cm³/mol. The molecule has 11 rings (SSSR count). The molecule has 6 amide bonds. The van der Waals surface area contributed by atoms with Crippen molar-refractivity contribution in [3.8, 4) is 17.2 Å². The van der Waals surface area contributed by atoms with Crippen molar-refractivity contribution in [1.29, 1.82) is 10.8 Å². The summed E-state index contributed by atoms with van der Waals surface area (Å²) in [6.45, 7) is 3.37. The van der Waals surface area contributed by atoms with Gasteiger partial charge in [-0.25, -0.2) is 0 Å². The van der Waals surface area contributed by atoms with Crippen molar-refractivity contribution >= 4 is 157 Å². The van der Waals surface area contributed by atoms with E-state index in [9.17, 15) is 28.8 Å². The Morgan fingerprint density at radius 2 is 0.710 bits per heavy atom. The number of methoxy groups -OCH3 is 3. The van der Waals surface area contributed by atoms with Crippen molar-refractivity contribution in [2.45, 2.75) is 0 Å². The van der Waals surface area contributed by atoms with Crippen molar-refractivity contribution in [3.63, 3.8) is 0 Å². The Morgan fingerprint density at radius 1 is 0.400 bits per heavy atom. The standard InChI is InChI=1S/C25H22Cl2N4O3.C24H20Cl2N4O3.C24H22Cl2N4O3/c1-31-12-11-28-23(31)15-3-5-16(6-4-15)24(32)30-22-20(13-18(27)14-21(22)34-2)25(33)29-19-9-7-17(26)8-10-19;1-33-20-13-17(26)12-19(24(32)28-18-8-6-16(25)7-9-18)21(20)29-23(31)15-4-2-14(3-5-15)22(27)30-10-11-30;1-30(2)22(27)14-4-6-15(7-5-14)23(31)29-21-19(12-17(26)13-20(21)33-3)24(32)28-18-10-8-16(25)9-11-18/h3-10,13-14H,11-12H2,1-2H3,(H,29,33)(H,30,32);2-9,12-13,27H,10-11H2,1H3,(H,28,32)(H,29,31);4-13,27H,1-3H3,(H,28,32)(H,29,31). The number of nitrogens with one attached hydrogen (secondary N) is 8. The molecule has 0 atom stereocenters. The zero-order valence-corrected chi connectivity index (χ0v) is 58.9. The highest BCUT2D eigenvalue weighted by molar-refractivity contribution is 6.34. The second-order valence-corrected chi connectivity index (χ2v) is 24.9. The average Bonchev–Trinajstić information content (AvgIpc) is 1.03. The lowest BCUT2D eigenvalue weighted by Crippen LogP contribution is -2.23. The number of benzene rings is 9. The molecule has 0 saturated carbocycles. The van der Waals surface area contributed by atoms with Crippen LogP contribution in [0.5, 0.6) is 17.2 Å². The minimum atomic E-state index is -0.483. The van der Waals surface area contributed by atoms with Crippen molar-refractivity contribution in [1.82, 2.24) is 14.7 Å². The number of ether oxygens (including phenoxy) is 3. The van der Waals surface area contributed by atoms with Crippen LogP contribution < -0.4 is 46.1 Å². The molecule has 0 aliphatic carbocycles. The van der Waals surface area contributed by atoms with Gasteiger partial charge in [0.1, 0.15) is 34.8 Å². The van der Waals surface area contributed by atoms with Crippen LogP contribution in [0.15, 0.2) is 187 Å². The van der Waals surface area contributed by atoms with Crippen LogP contribution in [0.1, 0.15) is 78.8 Å². The van der Waals surface area contributed by atoms with Gasteiger partial charge in [-0.2, -0.15) is 0 Å². The number of amides is 6. The molecule has 0 radical (unpaired) electrons. The van der Waals surface area contributed by atoms with Gasteiger partial charge in [-0.1, -0.05) is 106 Å². The van der Waals surface area contributed by atoms with Gasteiger partial charge in [0.15, 0.2) is 0 Å². The summed E-state index contributed by atoms with van der Waals surface area (Å²) in [6.07, 6.45) is 0. The van der Waals surface area contributed by atoms with Crippen LogP contribution in [0, 0.1) is 10.8 Å². The molecule has 9 aromatic carbocycles. The third-order valence-corrected chi connectivity index (χ3v) is 16.5. The topological polar surface area (TPSA) is 272 Å². The summed E-state index contributed by atoms with van der Waals surface area (Å²) in [5.41, 5.74) is 6.11. The zero-order valence-electron chi connectivity index (χ0n) is 54.4. The Hall–Kier alpha value is -10.7. The molecular weight excluding hydrogens is 1400 g/mol. The van der Waals surface area contributed by atoms with Gasteiger partial charge < -0.3 is 60.8 Å². The molecule has 2 aliphatic rings. The summed E-state index contributed by atoms with van der Waals surface area (Å²) in [6, 6.07) is 49.3. The monoisotopic (exact) mass is 1460 g/mol. The van der Waals surface area contributed by atoms with E-state index >= 15 is 0 Å². The number of amidine groups is 3. The van der Waals surface area contributed by atoms with E-state index < -0.39 is 35.4 Å². The molecule has 0 aromatic heterocycles. The van der Waals surface area contributed by atoms with E-state index in [0.717, 1.165) is 43.1 Å². The number of rotatable bonds is 18. The maximum Gasteiger partial charge on any atom is 0.257 e. The highest BCUT2D eigenvalue weighted by Crippen LogP contribution is 2.37. The van der Waals surface area contributed by atoms with Crippen molar-refractivity contribution in [3.05, 3.63) is 262 Å². The molecule has 9 aromatic rings. The fourth-order valence-corrected chi connectivity index (χ4v) is 10.8. The van der Waals surface area contributed by atoms with Crippen LogP contribution >= 0.6 is 69.6 Å². The normalized spacial score (nSPS) is 11.8. The highest BCUT2D eigenvalue weighted by atomic mass is 35.5. The van der Waals surface area contributed by atoms with Crippen molar-refractivity contribution in [2.75, 3.05) is 101 Å². The molecule has 0 unspecified atom stereocenters. The third-order valence-electron chi connectivity index (χ3n) is 15.1. The number of anilines is 6. The average molecular weight is 1470 g/mol. The first-order valence-corrected chi connectivity index (χ1v) is 32.6. The molecule has 2 heterocycles. The van der Waals surface area contributed by atoms with Gasteiger partial charge >= 0.3 is 0 Å². The third kappa shape index (κ3) is 19.2. The summed E-state index contributed by atoms with van der Waals surface area (Å²) in [4.78, 5) is 88.2. The molecular formula is C73H64Cl6N12O9. The Balaban J connectivity index is 0.000000175. The molecule has 100 heavy (non-hydrogen) atoms. The number of carbonyl (C=O) groups is 6. The van der Waals surface area contributed by atoms with E-state index in [1.807, 2.05) is 24.1 Å². The second kappa shape index (κ2) is 33.7. The van der Waals surface area contributed by atoms with Gasteiger partial charge in [0.05, 0.1) is 61.6 Å². The molecule has 1 saturated heterocycles. The number of likely N-dealkylation sites (N-methyl/N-ethyl adjacent to an activating group) is 1. The predicted octanol–water partition coefficient (Wildman–Crippen LogP) is 15.7. The van der Waals surface area contributed by atoms with Crippen molar-refractivity contribution < 1.29 is 43.0 Å². The maximum absolute atomic E-state index is 13.1. The van der Waals surface area contributed by atoms with Gasteiger partial charge in [-0.15, -0.1) is 0 Å². The minimum absolute atomic E-state index is 0.133. The maximum atomic E-state index is 13.1. The number of aliphatic imine (C=N–C) groups is 1. The lowest BCUT2D eigenvalue weighted by Gasteiger charge is -2.16. The minimum Gasteiger partial charge on any atom is -0.494 e. The molecule has 8 N–H and O–H groups in total. The number of carbonyl (C=O) groups excluding carboxylic acids is 6. The van der Waals surface area contributed by atoms with E-state index in [0.29, 0.717) is 71.1 Å². The van der Waals surface area contributed by atoms with Crippen LogP contribution in [-0.2, 0) is 0 Å². The summed E-state index contributed by atoms with van der Waals surface area (Å²) in [7, 11) is 9.81. The fraction of sp³-hybridized carbons (Fsp3) is 0.137. The van der Waals surface area contributed by atoms with Crippen LogP contribution in [0.2, 0.25) is 30.1 Å². The number of nitrogens with zero attached hydrogens (tertiary/aromatic N) is 4. The van der Waals surface area contributed by atoms with E-state index in [4.69, 9.17) is 94.6 Å². The molecule has 0 bridgehead atoms. The van der Waals surface area contributed by atoms with Crippen LogP contribution in [0.4, 0.5) is 34.1 Å². The Bertz CT molecular complexity index is 4420. The number of hydrogen-bond acceptors (Lipinski definition) is 13. The quantitative estimate of drug-likeness (QED) is 0.0226. The molecule has 0 spiro atoms. The summed E-state index contributed by atoms with van der Waals surface area (Å²) in [5.74, 6) is -0.289. The van der Waals surface area contributed by atoms with Gasteiger partial charge in [-0.3, -0.25) is 44.6 Å². The lowest BCUT2D eigenvalue weighted by atomic mass is 10.1. The van der Waals surface area contributed by atoms with Crippen LogP contribution in [-0.4, -0.2) is 136 Å².